The zero-order valence-electron chi connectivity index (χ0n) is 23.2. The molecular formula is C30H33N5O3SSi. The number of nitrogens with one attached hydrogen (secondary N) is 1. The monoisotopic (exact) mass is 571 g/mol. The van der Waals surface area contributed by atoms with Crippen LogP contribution < -0.4 is 5.32 Å². The minimum absolute atomic E-state index is 0.268. The quantitative estimate of drug-likeness (QED) is 0.146. The number of hydrogen-bond donors (Lipinski definition) is 1. The molecule has 0 atom stereocenters. The minimum atomic E-state index is -3.26. The number of benzene rings is 2. The summed E-state index contributed by atoms with van der Waals surface area (Å²) in [7, 11) is -4.41. The number of ether oxygens (including phenoxy) is 1. The van der Waals surface area contributed by atoms with E-state index in [0.717, 1.165) is 56.8 Å². The van der Waals surface area contributed by atoms with Gasteiger partial charge in [-0.1, -0.05) is 32.3 Å². The van der Waals surface area contributed by atoms with Gasteiger partial charge in [0.25, 0.3) is 0 Å². The van der Waals surface area contributed by atoms with E-state index in [1.165, 1.54) is 6.26 Å². The van der Waals surface area contributed by atoms with Crippen LogP contribution in [0.2, 0.25) is 25.7 Å². The Morgan fingerprint density at radius 3 is 2.52 bits per heavy atom. The lowest BCUT2D eigenvalue weighted by molar-refractivity contribution is 0.0791. The van der Waals surface area contributed by atoms with Crippen molar-refractivity contribution in [2.24, 2.45) is 0 Å². The van der Waals surface area contributed by atoms with Crippen molar-refractivity contribution in [3.05, 3.63) is 79.3 Å². The second-order valence-corrected chi connectivity index (χ2v) is 18.7. The Morgan fingerprint density at radius 2 is 1.82 bits per heavy atom. The van der Waals surface area contributed by atoms with Crippen LogP contribution in [0.3, 0.4) is 0 Å². The number of nitrogens with zero attached hydrogens (tertiary/aromatic N) is 4. The fraction of sp³-hybridized carbons (Fsp3) is 0.233. The SMILES string of the molecule is C=Cc1c(-c2nccc3cnc(Nc4ccc(S(C)(=O)=O)cc4)cc23)ccc2nn(COCC[Si](C)(C)C)cc12. The third-order valence-corrected chi connectivity index (χ3v) is 9.49. The summed E-state index contributed by atoms with van der Waals surface area (Å²) in [4.78, 5) is 9.57. The number of hydrogen-bond acceptors (Lipinski definition) is 7. The molecule has 0 saturated carbocycles. The van der Waals surface area contributed by atoms with Crippen molar-refractivity contribution in [1.82, 2.24) is 19.7 Å². The van der Waals surface area contributed by atoms with E-state index >= 15 is 0 Å². The minimum Gasteiger partial charge on any atom is -0.360 e. The zero-order chi connectivity index (χ0) is 28.5. The van der Waals surface area contributed by atoms with Gasteiger partial charge in [-0.05, 0) is 60.1 Å². The molecule has 2 aromatic carbocycles. The van der Waals surface area contributed by atoms with Gasteiger partial charge in [-0.2, -0.15) is 5.10 Å². The van der Waals surface area contributed by atoms with Gasteiger partial charge in [0.2, 0.25) is 0 Å². The fourth-order valence-corrected chi connectivity index (χ4v) is 5.86. The van der Waals surface area contributed by atoms with Crippen LogP contribution in [0.1, 0.15) is 5.56 Å². The average Bonchev–Trinajstić information content (AvgIpc) is 3.33. The first-order valence-electron chi connectivity index (χ1n) is 13.0. The molecule has 0 radical (unpaired) electrons. The third-order valence-electron chi connectivity index (χ3n) is 6.66. The Bertz CT molecular complexity index is 1810. The van der Waals surface area contributed by atoms with E-state index in [-0.39, 0.29) is 4.90 Å². The largest absolute Gasteiger partial charge is 0.360 e. The topological polar surface area (TPSA) is 99.0 Å². The molecule has 0 unspecified atom stereocenters. The molecule has 0 amide bonds. The van der Waals surface area contributed by atoms with Gasteiger partial charge in [-0.15, -0.1) is 0 Å². The summed E-state index contributed by atoms with van der Waals surface area (Å²) in [5, 5.41) is 10.8. The van der Waals surface area contributed by atoms with E-state index in [1.807, 2.05) is 41.2 Å². The van der Waals surface area contributed by atoms with Crippen molar-refractivity contribution in [2.45, 2.75) is 37.3 Å². The molecule has 5 rings (SSSR count). The Balaban J connectivity index is 1.47. The number of sulfone groups is 1. The van der Waals surface area contributed by atoms with Gasteiger partial charge < -0.3 is 10.1 Å². The van der Waals surface area contributed by atoms with Crippen LogP contribution in [0, 0.1) is 0 Å². The van der Waals surface area contributed by atoms with Crippen LogP contribution >= 0.6 is 0 Å². The number of pyridine rings is 2. The van der Waals surface area contributed by atoms with E-state index < -0.39 is 17.9 Å². The normalized spacial score (nSPS) is 12.2. The molecule has 0 spiro atoms. The predicted molar refractivity (Wildman–Crippen MR) is 165 cm³/mol. The molecular weight excluding hydrogens is 539 g/mol. The Morgan fingerprint density at radius 1 is 1.05 bits per heavy atom. The molecule has 1 N–H and O–H groups in total. The van der Waals surface area contributed by atoms with Crippen LogP contribution in [0.5, 0.6) is 0 Å². The second kappa shape index (κ2) is 11.0. The number of aromatic nitrogens is 4. The maximum Gasteiger partial charge on any atom is 0.175 e. The summed E-state index contributed by atoms with van der Waals surface area (Å²) in [6.45, 7) is 12.3. The molecule has 0 fully saturated rings. The highest BCUT2D eigenvalue weighted by Crippen LogP contribution is 2.34. The highest BCUT2D eigenvalue weighted by Gasteiger charge is 2.16. The van der Waals surface area contributed by atoms with Gasteiger partial charge in [0.05, 0.1) is 16.1 Å². The van der Waals surface area contributed by atoms with E-state index in [4.69, 9.17) is 14.8 Å². The lowest BCUT2D eigenvalue weighted by Gasteiger charge is -2.15. The highest BCUT2D eigenvalue weighted by atomic mass is 32.2. The molecule has 5 aromatic rings. The summed E-state index contributed by atoms with van der Waals surface area (Å²) in [6, 6.07) is 15.6. The third kappa shape index (κ3) is 6.14. The van der Waals surface area contributed by atoms with E-state index in [0.29, 0.717) is 12.5 Å². The van der Waals surface area contributed by atoms with Crippen molar-refractivity contribution in [2.75, 3.05) is 18.2 Å². The van der Waals surface area contributed by atoms with Gasteiger partial charge in [-0.25, -0.2) is 18.1 Å². The first kappa shape index (κ1) is 27.7. The van der Waals surface area contributed by atoms with Gasteiger partial charge in [0.1, 0.15) is 12.5 Å². The molecule has 3 heterocycles. The molecule has 0 saturated heterocycles. The van der Waals surface area contributed by atoms with E-state index in [1.54, 1.807) is 36.7 Å². The summed E-state index contributed by atoms with van der Waals surface area (Å²) >= 11 is 0. The molecule has 3 aromatic heterocycles. The van der Waals surface area contributed by atoms with Gasteiger partial charge >= 0.3 is 0 Å². The molecule has 0 aliphatic heterocycles. The van der Waals surface area contributed by atoms with Gasteiger partial charge in [-0.3, -0.25) is 4.98 Å². The van der Waals surface area contributed by atoms with Crippen LogP contribution in [0.15, 0.2) is 78.6 Å². The van der Waals surface area contributed by atoms with Gasteiger partial charge in [0.15, 0.2) is 9.84 Å². The van der Waals surface area contributed by atoms with Crippen molar-refractivity contribution in [3.63, 3.8) is 0 Å². The lowest BCUT2D eigenvalue weighted by Crippen LogP contribution is -2.22. The summed E-state index contributed by atoms with van der Waals surface area (Å²) in [5.41, 5.74) is 4.31. The average molecular weight is 572 g/mol. The van der Waals surface area contributed by atoms with Crippen molar-refractivity contribution in [3.8, 4) is 11.3 Å². The summed E-state index contributed by atoms with van der Waals surface area (Å²) < 4.78 is 31.3. The molecule has 10 heteroatoms. The molecule has 206 valence electrons. The number of rotatable bonds is 10. The van der Waals surface area contributed by atoms with Crippen LogP contribution in [-0.2, 0) is 21.3 Å². The van der Waals surface area contributed by atoms with Crippen LogP contribution in [-0.4, -0.2) is 49.1 Å². The van der Waals surface area contributed by atoms with Crippen molar-refractivity contribution >= 4 is 57.2 Å². The maximum absolute atomic E-state index is 11.8. The number of anilines is 2. The van der Waals surface area contributed by atoms with Crippen LogP contribution in [0.25, 0.3) is 39.0 Å². The summed E-state index contributed by atoms with van der Waals surface area (Å²) in [5.74, 6) is 0.623. The molecule has 8 nitrogen and oxygen atoms in total. The maximum atomic E-state index is 11.8. The van der Waals surface area contributed by atoms with E-state index in [2.05, 4.69) is 36.5 Å². The van der Waals surface area contributed by atoms with Crippen molar-refractivity contribution in [1.29, 1.82) is 0 Å². The Labute approximate surface area is 235 Å². The smallest absolute Gasteiger partial charge is 0.175 e. The standard InChI is InChI=1S/C30H33N5O3SSi/c1-6-24-25(11-12-28-27(24)19-35(34-28)20-38-15-16-40(3,4)5)30-26-17-29(32-18-21(26)13-14-31-30)33-22-7-9-23(10-8-22)39(2,36)37/h6-14,17-19H,1,15-16,20H2,2-5H3,(H,32,33). The van der Waals surface area contributed by atoms with Gasteiger partial charge in [0, 0.05) is 66.9 Å². The number of fused-ring (bicyclic) bond motifs is 2. The fourth-order valence-electron chi connectivity index (χ4n) is 4.47. The molecule has 0 bridgehead atoms. The molecule has 0 aliphatic carbocycles. The van der Waals surface area contributed by atoms with E-state index in [9.17, 15) is 8.42 Å². The summed E-state index contributed by atoms with van der Waals surface area (Å²) in [6.07, 6.45) is 8.63. The first-order valence-corrected chi connectivity index (χ1v) is 18.6. The zero-order valence-corrected chi connectivity index (χ0v) is 25.0. The lowest BCUT2D eigenvalue weighted by atomic mass is 9.97. The highest BCUT2D eigenvalue weighted by molar-refractivity contribution is 7.90. The Kier molecular flexibility index (Phi) is 7.58. The molecule has 0 aliphatic rings. The van der Waals surface area contributed by atoms with Crippen LogP contribution in [0.4, 0.5) is 11.5 Å². The first-order chi connectivity index (χ1) is 19.0. The Hall–Kier alpha value is -3.86. The molecule has 40 heavy (non-hydrogen) atoms. The second-order valence-electron chi connectivity index (χ2n) is 11.1. The predicted octanol–water partition coefficient (Wildman–Crippen LogP) is 6.75. The van der Waals surface area contributed by atoms with Crippen molar-refractivity contribution < 1.29 is 13.2 Å².